The van der Waals surface area contributed by atoms with Crippen LogP contribution in [0.25, 0.3) is 0 Å². The third kappa shape index (κ3) is 4.57. The summed E-state index contributed by atoms with van der Waals surface area (Å²) in [5.74, 6) is 0.504. The number of thiazole rings is 1. The average molecular weight is 323 g/mol. The Morgan fingerprint density at radius 3 is 2.86 bits per heavy atom. The number of carbonyl (C=O) groups is 1. The van der Waals surface area contributed by atoms with Gasteiger partial charge in [0.25, 0.3) is 0 Å². The fraction of sp³-hybridized carbons (Fsp3) is 0.467. The second kappa shape index (κ2) is 7.42. The topological polar surface area (TPSA) is 87.4 Å². The van der Waals surface area contributed by atoms with Crippen molar-refractivity contribution in [3.63, 3.8) is 0 Å². The summed E-state index contributed by atoms with van der Waals surface area (Å²) in [5, 5.41) is 16.6. The lowest BCUT2D eigenvalue weighted by Gasteiger charge is -2.17. The van der Waals surface area contributed by atoms with E-state index in [1.807, 2.05) is 20.8 Å². The molecule has 6 nitrogen and oxygen atoms in total. The highest BCUT2D eigenvalue weighted by atomic mass is 32.1. The van der Waals surface area contributed by atoms with Gasteiger partial charge in [0.2, 0.25) is 0 Å². The van der Waals surface area contributed by atoms with E-state index >= 15 is 0 Å². The van der Waals surface area contributed by atoms with E-state index in [1.54, 1.807) is 23.5 Å². The second-order valence-corrected chi connectivity index (χ2v) is 6.52. The summed E-state index contributed by atoms with van der Waals surface area (Å²) in [4.78, 5) is 17.2. The van der Waals surface area contributed by atoms with E-state index in [9.17, 15) is 9.90 Å². The Kier molecular flexibility index (Phi) is 5.57. The Hall–Kier alpha value is -1.86. The largest absolute Gasteiger partial charge is 0.467 e. The molecular weight excluding hydrogens is 302 g/mol. The van der Waals surface area contributed by atoms with E-state index in [0.29, 0.717) is 18.7 Å². The van der Waals surface area contributed by atoms with Crippen LogP contribution in [0.4, 0.5) is 4.79 Å². The first-order valence-electron chi connectivity index (χ1n) is 7.14. The van der Waals surface area contributed by atoms with Crippen LogP contribution in [-0.2, 0) is 6.54 Å². The first kappa shape index (κ1) is 16.5. The summed E-state index contributed by atoms with van der Waals surface area (Å²) in [6, 6.07) is 3.00. The molecular formula is C15H21N3O3S. The minimum Gasteiger partial charge on any atom is -0.467 e. The standard InChI is InChI=1S/C15H21N3O3S/c1-9(7-12(19)13-5-4-6-21-13)17-15(20)16-8-14-10(2)18-11(3)22-14/h4-6,9,12,19H,7-8H2,1-3H3,(H2,16,17,20). The van der Waals surface area contributed by atoms with E-state index in [2.05, 4.69) is 15.6 Å². The number of amides is 2. The van der Waals surface area contributed by atoms with E-state index in [1.165, 1.54) is 6.26 Å². The van der Waals surface area contributed by atoms with Gasteiger partial charge in [-0.25, -0.2) is 9.78 Å². The van der Waals surface area contributed by atoms with Crippen molar-refractivity contribution in [3.8, 4) is 0 Å². The maximum Gasteiger partial charge on any atom is 0.315 e. The molecule has 0 aliphatic heterocycles. The highest BCUT2D eigenvalue weighted by Crippen LogP contribution is 2.18. The van der Waals surface area contributed by atoms with Gasteiger partial charge in [0.15, 0.2) is 0 Å². The maximum absolute atomic E-state index is 11.9. The molecule has 2 amide bonds. The summed E-state index contributed by atoms with van der Waals surface area (Å²) in [6.45, 7) is 6.17. The molecule has 2 unspecified atom stereocenters. The fourth-order valence-electron chi connectivity index (χ4n) is 2.16. The number of aryl methyl sites for hydroxylation is 2. The number of aliphatic hydroxyl groups excluding tert-OH is 1. The quantitative estimate of drug-likeness (QED) is 0.762. The molecule has 2 atom stereocenters. The van der Waals surface area contributed by atoms with Crippen molar-refractivity contribution in [1.29, 1.82) is 0 Å². The summed E-state index contributed by atoms with van der Waals surface area (Å²) in [6.07, 6.45) is 1.18. The van der Waals surface area contributed by atoms with Crippen LogP contribution in [0.5, 0.6) is 0 Å². The zero-order chi connectivity index (χ0) is 16.1. The Balaban J connectivity index is 1.75. The molecule has 0 spiro atoms. The van der Waals surface area contributed by atoms with Crippen molar-refractivity contribution < 1.29 is 14.3 Å². The minimum atomic E-state index is -0.725. The van der Waals surface area contributed by atoms with Crippen molar-refractivity contribution in [2.24, 2.45) is 0 Å². The van der Waals surface area contributed by atoms with Crippen LogP contribution in [0.1, 0.15) is 40.8 Å². The molecule has 0 saturated heterocycles. The fourth-order valence-corrected chi connectivity index (χ4v) is 3.04. The molecule has 2 heterocycles. The summed E-state index contributed by atoms with van der Waals surface area (Å²) in [5.41, 5.74) is 0.948. The molecule has 0 aliphatic rings. The van der Waals surface area contributed by atoms with Crippen LogP contribution < -0.4 is 10.6 Å². The number of rotatable bonds is 6. The molecule has 0 aromatic carbocycles. The van der Waals surface area contributed by atoms with Gasteiger partial charge in [0, 0.05) is 17.3 Å². The number of aliphatic hydroxyl groups is 1. The average Bonchev–Trinajstić information content (AvgIpc) is 3.06. The van der Waals surface area contributed by atoms with Crippen molar-refractivity contribution in [2.45, 2.75) is 45.9 Å². The van der Waals surface area contributed by atoms with Crippen LogP contribution in [0, 0.1) is 13.8 Å². The van der Waals surface area contributed by atoms with Gasteiger partial charge in [-0.3, -0.25) is 0 Å². The molecule has 2 aromatic rings. The Labute approximate surface area is 133 Å². The van der Waals surface area contributed by atoms with Gasteiger partial charge in [0.05, 0.1) is 23.5 Å². The zero-order valence-electron chi connectivity index (χ0n) is 12.9. The van der Waals surface area contributed by atoms with Gasteiger partial charge in [-0.1, -0.05) is 0 Å². The van der Waals surface area contributed by atoms with Gasteiger partial charge in [0.1, 0.15) is 11.9 Å². The van der Waals surface area contributed by atoms with Crippen LogP contribution in [0.3, 0.4) is 0 Å². The molecule has 2 aromatic heterocycles. The molecule has 0 radical (unpaired) electrons. The molecule has 3 N–H and O–H groups in total. The van der Waals surface area contributed by atoms with Crippen LogP contribution in [0.2, 0.25) is 0 Å². The van der Waals surface area contributed by atoms with Crippen molar-refractivity contribution in [1.82, 2.24) is 15.6 Å². The number of hydrogen-bond donors (Lipinski definition) is 3. The van der Waals surface area contributed by atoms with E-state index in [0.717, 1.165) is 15.6 Å². The predicted molar refractivity (Wildman–Crippen MR) is 84.7 cm³/mol. The number of nitrogens with zero attached hydrogens (tertiary/aromatic N) is 1. The highest BCUT2D eigenvalue weighted by molar-refractivity contribution is 7.11. The number of nitrogens with one attached hydrogen (secondary N) is 2. The zero-order valence-corrected chi connectivity index (χ0v) is 13.7. The summed E-state index contributed by atoms with van der Waals surface area (Å²) >= 11 is 1.58. The molecule has 0 bridgehead atoms. The third-order valence-corrected chi connectivity index (χ3v) is 4.31. The Bertz CT molecular complexity index is 610. The number of aromatic nitrogens is 1. The number of hydrogen-bond acceptors (Lipinski definition) is 5. The van der Waals surface area contributed by atoms with Crippen molar-refractivity contribution in [2.75, 3.05) is 0 Å². The third-order valence-electron chi connectivity index (χ3n) is 3.24. The van der Waals surface area contributed by atoms with Crippen molar-refractivity contribution >= 4 is 17.4 Å². The van der Waals surface area contributed by atoms with E-state index in [-0.39, 0.29) is 12.1 Å². The Morgan fingerprint density at radius 1 is 1.50 bits per heavy atom. The van der Waals surface area contributed by atoms with Crippen LogP contribution in [0.15, 0.2) is 22.8 Å². The number of urea groups is 1. The minimum absolute atomic E-state index is 0.176. The molecule has 120 valence electrons. The van der Waals surface area contributed by atoms with Gasteiger partial charge < -0.3 is 20.2 Å². The molecule has 0 saturated carbocycles. The van der Waals surface area contributed by atoms with Gasteiger partial charge in [-0.15, -0.1) is 11.3 Å². The second-order valence-electron chi connectivity index (χ2n) is 5.24. The highest BCUT2D eigenvalue weighted by Gasteiger charge is 2.16. The molecule has 22 heavy (non-hydrogen) atoms. The number of furan rings is 1. The first-order chi connectivity index (χ1) is 10.5. The molecule has 2 rings (SSSR count). The molecule has 0 aliphatic carbocycles. The van der Waals surface area contributed by atoms with E-state index in [4.69, 9.17) is 4.42 Å². The van der Waals surface area contributed by atoms with Crippen LogP contribution in [-0.4, -0.2) is 22.2 Å². The first-order valence-corrected chi connectivity index (χ1v) is 7.96. The summed E-state index contributed by atoms with van der Waals surface area (Å²) in [7, 11) is 0. The van der Waals surface area contributed by atoms with Crippen LogP contribution >= 0.6 is 11.3 Å². The monoisotopic (exact) mass is 323 g/mol. The lowest BCUT2D eigenvalue weighted by molar-refractivity contribution is 0.129. The lowest BCUT2D eigenvalue weighted by Crippen LogP contribution is -2.41. The lowest BCUT2D eigenvalue weighted by atomic mass is 10.1. The molecule has 7 heteroatoms. The maximum atomic E-state index is 11.9. The van der Waals surface area contributed by atoms with Gasteiger partial charge >= 0.3 is 6.03 Å². The summed E-state index contributed by atoms with van der Waals surface area (Å²) < 4.78 is 5.14. The SMILES string of the molecule is Cc1nc(C)c(CNC(=O)NC(C)CC(O)c2ccco2)s1. The Morgan fingerprint density at radius 2 is 2.27 bits per heavy atom. The number of carbonyl (C=O) groups excluding carboxylic acids is 1. The molecule has 0 fully saturated rings. The van der Waals surface area contributed by atoms with Gasteiger partial charge in [-0.05, 0) is 32.9 Å². The van der Waals surface area contributed by atoms with Crippen molar-refractivity contribution in [3.05, 3.63) is 39.7 Å². The van der Waals surface area contributed by atoms with Gasteiger partial charge in [-0.2, -0.15) is 0 Å². The smallest absolute Gasteiger partial charge is 0.315 e. The predicted octanol–water partition coefficient (Wildman–Crippen LogP) is 2.66. The van der Waals surface area contributed by atoms with E-state index < -0.39 is 6.10 Å². The normalized spacial score (nSPS) is 13.6.